The van der Waals surface area contributed by atoms with E-state index in [0.29, 0.717) is 13.2 Å². The molecular weight excluding hydrogens is 322 g/mol. The second-order valence-electron chi connectivity index (χ2n) is 5.97. The van der Waals surface area contributed by atoms with E-state index in [4.69, 9.17) is 4.74 Å². The first kappa shape index (κ1) is 16.1. The zero-order chi connectivity index (χ0) is 17.6. The van der Waals surface area contributed by atoms with Crippen molar-refractivity contribution >= 4 is 17.1 Å². The van der Waals surface area contributed by atoms with Crippen LogP contribution in [0.1, 0.15) is 11.1 Å². The van der Waals surface area contributed by atoms with Gasteiger partial charge in [0.2, 0.25) is 0 Å². The first-order chi connectivity index (χ1) is 12.9. The topological polar surface area (TPSA) is 39.9 Å². The standard InChI is InChI=1S/C22H19N3O/c1-2-9-18(10-3-1)11-8-16-26-22-15-7-4-12-19(22)17-25-21-14-6-5-13-20(21)23-24-25/h1-15H,16-17H2/b11-8+. The van der Waals surface area contributed by atoms with Crippen molar-refractivity contribution in [3.05, 3.63) is 96.1 Å². The molecule has 0 saturated heterocycles. The highest BCUT2D eigenvalue weighted by Gasteiger charge is 2.08. The molecule has 0 aliphatic carbocycles. The second kappa shape index (κ2) is 7.66. The quantitative estimate of drug-likeness (QED) is 0.516. The van der Waals surface area contributed by atoms with Gasteiger partial charge in [-0.15, -0.1) is 5.10 Å². The summed E-state index contributed by atoms with van der Waals surface area (Å²) in [5.74, 6) is 0.866. The van der Waals surface area contributed by atoms with Crippen LogP contribution in [0.3, 0.4) is 0 Å². The zero-order valence-corrected chi connectivity index (χ0v) is 14.3. The van der Waals surface area contributed by atoms with Crippen LogP contribution < -0.4 is 4.74 Å². The fourth-order valence-corrected chi connectivity index (χ4v) is 2.86. The van der Waals surface area contributed by atoms with Gasteiger partial charge in [0.25, 0.3) is 0 Å². The molecule has 0 radical (unpaired) electrons. The van der Waals surface area contributed by atoms with Gasteiger partial charge in [0.1, 0.15) is 17.9 Å². The molecule has 4 rings (SSSR count). The number of nitrogens with zero attached hydrogens (tertiary/aromatic N) is 3. The molecule has 0 aliphatic heterocycles. The van der Waals surface area contributed by atoms with E-state index in [1.54, 1.807) is 0 Å². The minimum absolute atomic E-state index is 0.518. The van der Waals surface area contributed by atoms with Crippen LogP contribution in [0.5, 0.6) is 5.75 Å². The number of hydrogen-bond acceptors (Lipinski definition) is 3. The summed E-state index contributed by atoms with van der Waals surface area (Å²) in [6, 6.07) is 26.2. The molecular formula is C22H19N3O. The molecule has 3 aromatic carbocycles. The molecule has 0 amide bonds. The average Bonchev–Trinajstić information content (AvgIpc) is 3.10. The van der Waals surface area contributed by atoms with Crippen LogP contribution in [0, 0.1) is 0 Å². The monoisotopic (exact) mass is 341 g/mol. The number of rotatable bonds is 6. The van der Waals surface area contributed by atoms with Crippen LogP contribution >= 0.6 is 0 Å². The number of fused-ring (bicyclic) bond motifs is 1. The summed E-state index contributed by atoms with van der Waals surface area (Å²) in [4.78, 5) is 0. The van der Waals surface area contributed by atoms with E-state index in [2.05, 4.69) is 34.6 Å². The van der Waals surface area contributed by atoms with E-state index >= 15 is 0 Å². The van der Waals surface area contributed by atoms with Crippen molar-refractivity contribution in [3.63, 3.8) is 0 Å². The Bertz CT molecular complexity index is 1020. The summed E-state index contributed by atoms with van der Waals surface area (Å²) >= 11 is 0. The molecule has 0 aliphatic rings. The Morgan fingerprint density at radius 2 is 1.62 bits per heavy atom. The Hall–Kier alpha value is -3.40. The van der Waals surface area contributed by atoms with Crippen molar-refractivity contribution in [3.8, 4) is 5.75 Å². The van der Waals surface area contributed by atoms with Crippen LogP contribution in [0.2, 0.25) is 0 Å². The predicted molar refractivity (Wildman–Crippen MR) is 104 cm³/mol. The second-order valence-corrected chi connectivity index (χ2v) is 5.97. The maximum absolute atomic E-state index is 5.97. The smallest absolute Gasteiger partial charge is 0.124 e. The highest BCUT2D eigenvalue weighted by atomic mass is 16.5. The minimum atomic E-state index is 0.518. The van der Waals surface area contributed by atoms with Gasteiger partial charge in [0.15, 0.2) is 0 Å². The van der Waals surface area contributed by atoms with Gasteiger partial charge < -0.3 is 4.74 Å². The van der Waals surface area contributed by atoms with Crippen LogP contribution in [0.15, 0.2) is 84.9 Å². The maximum Gasteiger partial charge on any atom is 0.124 e. The summed E-state index contributed by atoms with van der Waals surface area (Å²) in [6.07, 6.45) is 4.09. The van der Waals surface area contributed by atoms with Crippen molar-refractivity contribution in [2.24, 2.45) is 0 Å². The highest BCUT2D eigenvalue weighted by Crippen LogP contribution is 2.21. The molecule has 0 unspecified atom stereocenters. The van der Waals surface area contributed by atoms with Crippen molar-refractivity contribution in [2.45, 2.75) is 6.54 Å². The summed E-state index contributed by atoms with van der Waals surface area (Å²) < 4.78 is 7.87. The van der Waals surface area contributed by atoms with Crippen LogP contribution in [0.25, 0.3) is 17.1 Å². The molecule has 0 spiro atoms. The summed E-state index contributed by atoms with van der Waals surface area (Å²) in [5, 5.41) is 8.48. The largest absolute Gasteiger partial charge is 0.489 e. The fourth-order valence-electron chi connectivity index (χ4n) is 2.86. The fraction of sp³-hybridized carbons (Fsp3) is 0.0909. The normalized spacial score (nSPS) is 11.2. The molecule has 26 heavy (non-hydrogen) atoms. The van der Waals surface area contributed by atoms with Gasteiger partial charge in [0.05, 0.1) is 12.1 Å². The third-order valence-electron chi connectivity index (χ3n) is 4.16. The van der Waals surface area contributed by atoms with Crippen LogP contribution in [-0.2, 0) is 6.54 Å². The van der Waals surface area contributed by atoms with Crippen molar-refractivity contribution in [1.82, 2.24) is 15.0 Å². The molecule has 128 valence electrons. The van der Waals surface area contributed by atoms with Gasteiger partial charge in [-0.2, -0.15) is 0 Å². The van der Waals surface area contributed by atoms with Crippen molar-refractivity contribution < 1.29 is 4.74 Å². The number of benzene rings is 3. The molecule has 1 heterocycles. The Morgan fingerprint density at radius 3 is 2.54 bits per heavy atom. The number of ether oxygens (including phenoxy) is 1. The first-order valence-electron chi connectivity index (χ1n) is 8.61. The van der Waals surface area contributed by atoms with Crippen molar-refractivity contribution in [1.29, 1.82) is 0 Å². The third-order valence-corrected chi connectivity index (χ3v) is 4.16. The predicted octanol–water partition coefficient (Wildman–Crippen LogP) is 4.57. The molecule has 0 saturated carbocycles. The van der Waals surface area contributed by atoms with Crippen LogP contribution in [0.4, 0.5) is 0 Å². The lowest BCUT2D eigenvalue weighted by molar-refractivity contribution is 0.358. The molecule has 0 N–H and O–H groups in total. The van der Waals surface area contributed by atoms with Crippen molar-refractivity contribution in [2.75, 3.05) is 6.61 Å². The molecule has 0 fully saturated rings. The van der Waals surface area contributed by atoms with E-state index in [1.807, 2.05) is 71.4 Å². The van der Waals surface area contributed by atoms with E-state index in [1.165, 1.54) is 5.56 Å². The summed E-state index contributed by atoms with van der Waals surface area (Å²) in [6.45, 7) is 1.14. The Kier molecular flexibility index (Phi) is 4.74. The molecule has 4 nitrogen and oxygen atoms in total. The molecule has 0 bridgehead atoms. The zero-order valence-electron chi connectivity index (χ0n) is 14.3. The SMILES string of the molecule is C(=C\c1ccccc1)/COc1ccccc1Cn1nnc2ccccc21. The number of para-hydroxylation sites is 2. The van der Waals surface area contributed by atoms with Gasteiger partial charge in [-0.1, -0.05) is 72.0 Å². The maximum atomic E-state index is 5.97. The third kappa shape index (κ3) is 3.64. The lowest BCUT2D eigenvalue weighted by Gasteiger charge is -2.10. The minimum Gasteiger partial charge on any atom is -0.489 e. The van der Waals surface area contributed by atoms with Gasteiger partial charge in [-0.25, -0.2) is 4.68 Å². The lowest BCUT2D eigenvalue weighted by atomic mass is 10.2. The van der Waals surface area contributed by atoms with Crippen LogP contribution in [-0.4, -0.2) is 21.6 Å². The summed E-state index contributed by atoms with van der Waals surface area (Å²) in [7, 11) is 0. The Morgan fingerprint density at radius 1 is 0.846 bits per heavy atom. The Balaban J connectivity index is 1.47. The highest BCUT2D eigenvalue weighted by molar-refractivity contribution is 5.73. The first-order valence-corrected chi connectivity index (χ1v) is 8.61. The molecule has 1 aromatic heterocycles. The van der Waals surface area contributed by atoms with E-state index < -0.39 is 0 Å². The van der Waals surface area contributed by atoms with E-state index in [9.17, 15) is 0 Å². The number of hydrogen-bond donors (Lipinski definition) is 0. The van der Waals surface area contributed by atoms with Gasteiger partial charge in [0, 0.05) is 5.56 Å². The Labute approximate surface area is 152 Å². The van der Waals surface area contributed by atoms with E-state index in [0.717, 1.165) is 22.3 Å². The average molecular weight is 341 g/mol. The van der Waals surface area contributed by atoms with Gasteiger partial charge in [-0.05, 0) is 29.8 Å². The molecule has 4 aromatic rings. The van der Waals surface area contributed by atoms with Gasteiger partial charge in [-0.3, -0.25) is 0 Å². The lowest BCUT2D eigenvalue weighted by Crippen LogP contribution is -2.05. The molecule has 4 heteroatoms. The van der Waals surface area contributed by atoms with Gasteiger partial charge >= 0.3 is 0 Å². The summed E-state index contributed by atoms with van der Waals surface area (Å²) in [5.41, 5.74) is 4.16. The number of aromatic nitrogens is 3. The van der Waals surface area contributed by atoms with E-state index in [-0.39, 0.29) is 0 Å². The molecule has 0 atom stereocenters.